The lowest BCUT2D eigenvalue weighted by molar-refractivity contribution is -0.112. The van der Waals surface area contributed by atoms with Crippen LogP contribution in [-0.2, 0) is 11.4 Å². The monoisotopic (exact) mass is 395 g/mol. The van der Waals surface area contributed by atoms with E-state index in [1.54, 1.807) is 0 Å². The van der Waals surface area contributed by atoms with Crippen molar-refractivity contribution < 1.29 is 9.94 Å². The molecule has 3 nitrogen and oxygen atoms in total. The molecule has 1 N–H and O–H groups in total. The number of hydrogen-bond acceptors (Lipinski definition) is 3. The number of aliphatic hydroxyl groups excluding tert-OH is 1. The van der Waals surface area contributed by atoms with Gasteiger partial charge in [-0.15, -0.1) is 0 Å². The van der Waals surface area contributed by atoms with Crippen LogP contribution in [0.1, 0.15) is 77.2 Å². The zero-order valence-electron chi connectivity index (χ0n) is 18.1. The van der Waals surface area contributed by atoms with Gasteiger partial charge in [0.1, 0.15) is 6.61 Å². The topological polar surface area (TPSA) is 41.8 Å². The summed E-state index contributed by atoms with van der Waals surface area (Å²) in [6.45, 7) is 5.54. The smallest absolute Gasteiger partial charge is 0.142 e. The Morgan fingerprint density at radius 1 is 0.966 bits per heavy atom. The fourth-order valence-corrected chi connectivity index (χ4v) is 7.89. The molecule has 4 aliphatic rings. The highest BCUT2D eigenvalue weighted by Crippen LogP contribution is 2.65. The van der Waals surface area contributed by atoms with Crippen LogP contribution in [0.5, 0.6) is 0 Å². The van der Waals surface area contributed by atoms with Crippen molar-refractivity contribution in [1.82, 2.24) is 0 Å². The van der Waals surface area contributed by atoms with Gasteiger partial charge in [-0.2, -0.15) is 0 Å². The molecule has 4 fully saturated rings. The van der Waals surface area contributed by atoms with Gasteiger partial charge < -0.3 is 9.94 Å². The molecule has 29 heavy (non-hydrogen) atoms. The Balaban J connectivity index is 1.26. The van der Waals surface area contributed by atoms with Gasteiger partial charge in [-0.3, -0.25) is 0 Å². The highest BCUT2D eigenvalue weighted by atomic mass is 16.6. The van der Waals surface area contributed by atoms with Crippen molar-refractivity contribution in [2.24, 2.45) is 39.7 Å². The van der Waals surface area contributed by atoms with E-state index in [4.69, 9.17) is 4.84 Å². The Labute approximate surface area is 175 Å². The molecular formula is C26H37NO2. The predicted molar refractivity (Wildman–Crippen MR) is 116 cm³/mol. The molecule has 0 amide bonds. The number of nitrogens with zero attached hydrogens (tertiary/aromatic N) is 1. The summed E-state index contributed by atoms with van der Waals surface area (Å²) in [4.78, 5) is 5.72. The number of fused-ring (bicyclic) bond motifs is 5. The van der Waals surface area contributed by atoms with E-state index in [2.05, 4.69) is 43.3 Å². The molecule has 0 bridgehead atoms. The van der Waals surface area contributed by atoms with Crippen LogP contribution in [0.15, 0.2) is 35.5 Å². The van der Waals surface area contributed by atoms with E-state index in [0.29, 0.717) is 12.0 Å². The lowest BCUT2D eigenvalue weighted by atomic mass is 9.45. The van der Waals surface area contributed by atoms with Crippen molar-refractivity contribution in [1.29, 1.82) is 0 Å². The summed E-state index contributed by atoms with van der Waals surface area (Å²) in [6, 6.07) is 10.3. The van der Waals surface area contributed by atoms with Crippen molar-refractivity contribution in [3.05, 3.63) is 35.9 Å². The van der Waals surface area contributed by atoms with Crippen LogP contribution in [0.25, 0.3) is 0 Å². The fourth-order valence-electron chi connectivity index (χ4n) is 7.89. The van der Waals surface area contributed by atoms with Gasteiger partial charge in [-0.25, -0.2) is 0 Å². The molecule has 1 aromatic carbocycles. The Bertz CT molecular complexity index is 761. The SMILES string of the molecule is C[C@]12CC/C(=N\OCc3ccccc3)C[C@@H]1CC[C@@H]1[C@@H]2CC[C@]2(C)[C@@H](O)CC[C@@H]12. The van der Waals surface area contributed by atoms with Gasteiger partial charge in [-0.1, -0.05) is 49.3 Å². The first-order valence-corrected chi connectivity index (χ1v) is 11.9. The maximum atomic E-state index is 10.6. The van der Waals surface area contributed by atoms with Crippen LogP contribution in [0.3, 0.4) is 0 Å². The minimum Gasteiger partial charge on any atom is -0.393 e. The summed E-state index contributed by atoms with van der Waals surface area (Å²) in [7, 11) is 0. The summed E-state index contributed by atoms with van der Waals surface area (Å²) in [5.74, 6) is 3.18. The van der Waals surface area contributed by atoms with E-state index in [-0.39, 0.29) is 11.5 Å². The van der Waals surface area contributed by atoms with Crippen LogP contribution in [-0.4, -0.2) is 16.9 Å². The lowest BCUT2D eigenvalue weighted by Crippen LogP contribution is -2.54. The zero-order chi connectivity index (χ0) is 20.1. The minimum absolute atomic E-state index is 0.0640. The first-order valence-electron chi connectivity index (χ1n) is 11.9. The van der Waals surface area contributed by atoms with E-state index in [9.17, 15) is 5.11 Å². The molecular weight excluding hydrogens is 358 g/mol. The highest BCUT2D eigenvalue weighted by molar-refractivity contribution is 5.85. The van der Waals surface area contributed by atoms with Crippen molar-refractivity contribution in [3.63, 3.8) is 0 Å². The fraction of sp³-hybridized carbons (Fsp3) is 0.731. The molecule has 0 unspecified atom stereocenters. The Morgan fingerprint density at radius 3 is 2.59 bits per heavy atom. The van der Waals surface area contributed by atoms with Crippen molar-refractivity contribution in [3.8, 4) is 0 Å². The third-order valence-electron chi connectivity index (χ3n) is 9.72. The predicted octanol–water partition coefficient (Wildman–Crippen LogP) is 5.96. The van der Waals surface area contributed by atoms with Crippen LogP contribution < -0.4 is 0 Å². The van der Waals surface area contributed by atoms with Gasteiger partial charge in [0.2, 0.25) is 0 Å². The van der Waals surface area contributed by atoms with Crippen LogP contribution in [0.4, 0.5) is 0 Å². The molecule has 1 aromatic rings. The second-order valence-corrected chi connectivity index (χ2v) is 10.9. The first-order chi connectivity index (χ1) is 14.0. The first kappa shape index (κ1) is 19.6. The number of aliphatic hydroxyl groups is 1. The van der Waals surface area contributed by atoms with Crippen LogP contribution in [0.2, 0.25) is 0 Å². The molecule has 0 heterocycles. The minimum atomic E-state index is -0.0640. The van der Waals surface area contributed by atoms with Gasteiger partial charge in [0.05, 0.1) is 11.8 Å². The van der Waals surface area contributed by atoms with Gasteiger partial charge in [0.25, 0.3) is 0 Å². The third kappa shape index (κ3) is 3.24. The highest BCUT2D eigenvalue weighted by Gasteiger charge is 2.59. The molecule has 0 radical (unpaired) electrons. The van der Waals surface area contributed by atoms with E-state index >= 15 is 0 Å². The van der Waals surface area contributed by atoms with Crippen LogP contribution in [0, 0.1) is 34.5 Å². The van der Waals surface area contributed by atoms with Gasteiger partial charge >= 0.3 is 0 Å². The average molecular weight is 396 g/mol. The second kappa shape index (κ2) is 7.41. The molecule has 0 aromatic heterocycles. The molecule has 0 aliphatic heterocycles. The van der Waals surface area contributed by atoms with Crippen molar-refractivity contribution in [2.45, 2.75) is 84.3 Å². The second-order valence-electron chi connectivity index (χ2n) is 10.9. The number of oxime groups is 1. The normalized spacial score (nSPS) is 45.3. The van der Waals surface area contributed by atoms with E-state index < -0.39 is 0 Å². The zero-order valence-corrected chi connectivity index (χ0v) is 18.1. The lowest BCUT2D eigenvalue weighted by Gasteiger charge is -2.60. The average Bonchev–Trinajstić information content (AvgIpc) is 3.04. The Hall–Kier alpha value is -1.35. The molecule has 3 heteroatoms. The molecule has 4 saturated carbocycles. The summed E-state index contributed by atoms with van der Waals surface area (Å²) < 4.78 is 0. The van der Waals surface area contributed by atoms with Crippen molar-refractivity contribution >= 4 is 5.71 Å². The number of rotatable bonds is 3. The summed E-state index contributed by atoms with van der Waals surface area (Å²) in [6.07, 6.45) is 10.9. The molecule has 0 saturated heterocycles. The van der Waals surface area contributed by atoms with E-state index in [0.717, 1.165) is 42.9 Å². The summed E-state index contributed by atoms with van der Waals surface area (Å²) in [5, 5.41) is 15.2. The summed E-state index contributed by atoms with van der Waals surface area (Å²) in [5.41, 5.74) is 3.11. The Kier molecular flexibility index (Phi) is 5.01. The van der Waals surface area contributed by atoms with Crippen molar-refractivity contribution in [2.75, 3.05) is 0 Å². The molecule has 7 atom stereocenters. The Morgan fingerprint density at radius 2 is 1.76 bits per heavy atom. The summed E-state index contributed by atoms with van der Waals surface area (Å²) >= 11 is 0. The molecule has 4 aliphatic carbocycles. The molecule has 0 spiro atoms. The van der Waals surface area contributed by atoms with E-state index in [1.165, 1.54) is 49.8 Å². The van der Waals surface area contributed by atoms with Gasteiger partial charge in [-0.05, 0) is 97.9 Å². The molecule has 158 valence electrons. The van der Waals surface area contributed by atoms with Gasteiger partial charge in [0.15, 0.2) is 0 Å². The number of hydrogen-bond donors (Lipinski definition) is 1. The quantitative estimate of drug-likeness (QED) is 0.641. The number of benzene rings is 1. The molecule has 5 rings (SSSR count). The maximum absolute atomic E-state index is 10.6. The van der Waals surface area contributed by atoms with E-state index in [1.807, 2.05) is 6.07 Å². The van der Waals surface area contributed by atoms with Gasteiger partial charge in [0, 0.05) is 0 Å². The standard InChI is InChI=1S/C26H37NO2/c1-25-14-12-20(27-29-17-18-6-4-3-5-7-18)16-19(25)8-9-21-22-10-11-24(28)26(22,2)15-13-23(21)25/h3-7,19,21-24,28H,8-17H2,1-2H3/b27-20+/t19-,21-,22-,23-,24-,25-,26-/m0/s1. The largest absolute Gasteiger partial charge is 0.393 e. The maximum Gasteiger partial charge on any atom is 0.142 e. The van der Waals surface area contributed by atoms with Crippen LogP contribution >= 0.6 is 0 Å². The third-order valence-corrected chi connectivity index (χ3v) is 9.72.